The normalized spacial score (nSPS) is 18.6. The van der Waals surface area contributed by atoms with Crippen molar-refractivity contribution in [2.24, 2.45) is 0 Å². The first kappa shape index (κ1) is 9.15. The maximum absolute atomic E-state index is 12.9. The van der Waals surface area contributed by atoms with E-state index in [1.54, 1.807) is 6.07 Å². The number of hydrogen-bond donors (Lipinski definition) is 1. The number of benzene rings is 1. The Balaban J connectivity index is 2.42. The van der Waals surface area contributed by atoms with Crippen LogP contribution in [0, 0.1) is 5.82 Å². The van der Waals surface area contributed by atoms with Crippen molar-refractivity contribution in [3.63, 3.8) is 0 Å². The van der Waals surface area contributed by atoms with Gasteiger partial charge in [-0.3, -0.25) is 4.79 Å². The van der Waals surface area contributed by atoms with Crippen molar-refractivity contribution < 1.29 is 19.0 Å². The Labute approximate surface area is 80.1 Å². The largest absolute Gasteiger partial charge is 0.480 e. The zero-order valence-electron chi connectivity index (χ0n) is 7.37. The highest BCUT2D eigenvalue weighted by molar-refractivity contribution is 5.82. The molecule has 3 nitrogen and oxygen atoms in total. The van der Waals surface area contributed by atoms with E-state index in [0.717, 1.165) is 0 Å². The van der Waals surface area contributed by atoms with Gasteiger partial charge in [-0.05, 0) is 17.7 Å². The Morgan fingerprint density at radius 3 is 2.64 bits per heavy atom. The fourth-order valence-corrected chi connectivity index (χ4v) is 1.51. The molecule has 0 spiro atoms. The van der Waals surface area contributed by atoms with E-state index in [9.17, 15) is 9.18 Å². The highest BCUT2D eigenvalue weighted by Gasteiger charge is 2.47. The third kappa shape index (κ3) is 1.19. The summed E-state index contributed by atoms with van der Waals surface area (Å²) in [6, 6.07) is 5.66. The summed E-state index contributed by atoms with van der Waals surface area (Å²) in [7, 11) is 0. The Kier molecular flexibility index (Phi) is 2.00. The minimum atomic E-state index is -1.04. The standard InChI is InChI=1S/C10H9FO3/c11-8-3-1-2-7(4-8)10(9(12)13)5-14-6-10/h1-4H,5-6H2,(H,12,13). The molecule has 1 aliphatic rings. The van der Waals surface area contributed by atoms with Gasteiger partial charge in [0, 0.05) is 0 Å². The smallest absolute Gasteiger partial charge is 0.318 e. The summed E-state index contributed by atoms with van der Waals surface area (Å²) in [6.07, 6.45) is 0. The van der Waals surface area contributed by atoms with Crippen molar-refractivity contribution in [2.45, 2.75) is 5.41 Å². The first-order chi connectivity index (χ1) is 6.65. The van der Waals surface area contributed by atoms with Gasteiger partial charge in [-0.2, -0.15) is 0 Å². The van der Waals surface area contributed by atoms with Crippen molar-refractivity contribution in [3.8, 4) is 0 Å². The molecule has 1 heterocycles. The van der Waals surface area contributed by atoms with Crippen LogP contribution in [0.25, 0.3) is 0 Å². The van der Waals surface area contributed by atoms with Gasteiger partial charge >= 0.3 is 5.97 Å². The first-order valence-corrected chi connectivity index (χ1v) is 4.22. The topological polar surface area (TPSA) is 46.5 Å². The summed E-state index contributed by atoms with van der Waals surface area (Å²) in [5, 5.41) is 9.03. The summed E-state index contributed by atoms with van der Waals surface area (Å²) >= 11 is 0. The number of hydrogen-bond acceptors (Lipinski definition) is 2. The summed E-state index contributed by atoms with van der Waals surface area (Å²) in [6.45, 7) is 0.234. The summed E-state index contributed by atoms with van der Waals surface area (Å²) in [5.41, 5.74) is -0.571. The van der Waals surface area contributed by atoms with Crippen molar-refractivity contribution in [3.05, 3.63) is 35.6 Å². The van der Waals surface area contributed by atoms with E-state index in [4.69, 9.17) is 9.84 Å². The van der Waals surface area contributed by atoms with Crippen LogP contribution in [-0.2, 0) is 14.9 Å². The lowest BCUT2D eigenvalue weighted by atomic mass is 9.79. The predicted molar refractivity (Wildman–Crippen MR) is 46.5 cm³/mol. The maximum atomic E-state index is 12.9. The molecular formula is C10H9FO3. The van der Waals surface area contributed by atoms with Crippen LogP contribution in [-0.4, -0.2) is 24.3 Å². The SMILES string of the molecule is O=C(O)C1(c2cccc(F)c2)COC1. The molecule has 0 saturated carbocycles. The number of aliphatic carboxylic acids is 1. The van der Waals surface area contributed by atoms with Gasteiger partial charge in [0.1, 0.15) is 11.2 Å². The molecule has 1 aromatic carbocycles. The molecule has 4 heteroatoms. The quantitative estimate of drug-likeness (QED) is 0.772. The molecule has 1 aromatic rings. The minimum Gasteiger partial charge on any atom is -0.480 e. The fraction of sp³-hybridized carbons (Fsp3) is 0.300. The average molecular weight is 196 g/mol. The first-order valence-electron chi connectivity index (χ1n) is 4.22. The molecular weight excluding hydrogens is 187 g/mol. The second kappa shape index (κ2) is 3.06. The van der Waals surface area contributed by atoms with Gasteiger partial charge in [-0.15, -0.1) is 0 Å². The predicted octanol–water partition coefficient (Wildman–Crippen LogP) is 1.18. The van der Waals surface area contributed by atoms with Crippen LogP contribution >= 0.6 is 0 Å². The van der Waals surface area contributed by atoms with Gasteiger partial charge < -0.3 is 9.84 Å². The molecule has 0 aliphatic carbocycles. The molecule has 0 atom stereocenters. The van der Waals surface area contributed by atoms with E-state index in [1.165, 1.54) is 18.2 Å². The number of carboxylic acid groups (broad SMARTS) is 1. The highest BCUT2D eigenvalue weighted by Crippen LogP contribution is 2.32. The Morgan fingerprint density at radius 2 is 2.21 bits per heavy atom. The average Bonchev–Trinajstić information content (AvgIpc) is 2.00. The minimum absolute atomic E-state index is 0.117. The van der Waals surface area contributed by atoms with Crippen molar-refractivity contribution in [1.82, 2.24) is 0 Å². The molecule has 0 aromatic heterocycles. The zero-order valence-corrected chi connectivity index (χ0v) is 7.37. The molecule has 0 amide bonds. The summed E-state index contributed by atoms with van der Waals surface area (Å²) in [4.78, 5) is 11.0. The molecule has 2 rings (SSSR count). The molecule has 0 radical (unpaired) electrons. The van der Waals surface area contributed by atoms with E-state index in [0.29, 0.717) is 5.56 Å². The highest BCUT2D eigenvalue weighted by atomic mass is 19.1. The monoisotopic (exact) mass is 196 g/mol. The third-order valence-electron chi connectivity index (χ3n) is 2.48. The van der Waals surface area contributed by atoms with E-state index in [1.807, 2.05) is 0 Å². The van der Waals surface area contributed by atoms with Crippen molar-refractivity contribution >= 4 is 5.97 Å². The molecule has 0 bridgehead atoms. The van der Waals surface area contributed by atoms with Crippen LogP contribution in [0.15, 0.2) is 24.3 Å². The molecule has 74 valence electrons. The van der Waals surface area contributed by atoms with Gasteiger partial charge in [-0.25, -0.2) is 4.39 Å². The maximum Gasteiger partial charge on any atom is 0.318 e. The van der Waals surface area contributed by atoms with Crippen molar-refractivity contribution in [2.75, 3.05) is 13.2 Å². The second-order valence-corrected chi connectivity index (χ2v) is 3.39. The Hall–Kier alpha value is -1.42. The van der Waals surface area contributed by atoms with E-state index >= 15 is 0 Å². The molecule has 1 saturated heterocycles. The van der Waals surface area contributed by atoms with Gasteiger partial charge in [0.15, 0.2) is 0 Å². The second-order valence-electron chi connectivity index (χ2n) is 3.39. The van der Waals surface area contributed by atoms with Gasteiger partial charge in [-0.1, -0.05) is 12.1 Å². The van der Waals surface area contributed by atoms with E-state index in [-0.39, 0.29) is 13.2 Å². The zero-order chi connectivity index (χ0) is 10.2. The van der Waals surface area contributed by atoms with Gasteiger partial charge in [0.25, 0.3) is 0 Å². The van der Waals surface area contributed by atoms with Crippen LogP contribution in [0.3, 0.4) is 0 Å². The number of carboxylic acids is 1. The van der Waals surface area contributed by atoms with Gasteiger partial charge in [0.2, 0.25) is 0 Å². The van der Waals surface area contributed by atoms with Crippen molar-refractivity contribution in [1.29, 1.82) is 0 Å². The number of rotatable bonds is 2. The van der Waals surface area contributed by atoms with Crippen LogP contribution in [0.1, 0.15) is 5.56 Å². The summed E-state index contributed by atoms with van der Waals surface area (Å²) < 4.78 is 17.8. The van der Waals surface area contributed by atoms with Crippen LogP contribution in [0.5, 0.6) is 0 Å². The van der Waals surface area contributed by atoms with Gasteiger partial charge in [0.05, 0.1) is 13.2 Å². The van der Waals surface area contributed by atoms with Crippen LogP contribution in [0.2, 0.25) is 0 Å². The van der Waals surface area contributed by atoms with E-state index in [2.05, 4.69) is 0 Å². The molecule has 1 N–H and O–H groups in total. The molecule has 14 heavy (non-hydrogen) atoms. The van der Waals surface area contributed by atoms with Crippen LogP contribution < -0.4 is 0 Å². The number of halogens is 1. The Morgan fingerprint density at radius 1 is 1.50 bits per heavy atom. The molecule has 0 unspecified atom stereocenters. The number of carbonyl (C=O) groups is 1. The fourth-order valence-electron chi connectivity index (χ4n) is 1.51. The Bertz CT molecular complexity index is 371. The van der Waals surface area contributed by atoms with Crippen LogP contribution in [0.4, 0.5) is 4.39 Å². The summed E-state index contributed by atoms with van der Waals surface area (Å²) in [5.74, 6) is -1.38. The molecule has 1 aliphatic heterocycles. The lowest BCUT2D eigenvalue weighted by Crippen LogP contribution is -2.53. The third-order valence-corrected chi connectivity index (χ3v) is 2.48. The number of ether oxygens (including phenoxy) is 1. The van der Waals surface area contributed by atoms with E-state index < -0.39 is 17.2 Å². The lowest BCUT2D eigenvalue weighted by Gasteiger charge is -2.37. The lowest BCUT2D eigenvalue weighted by molar-refractivity contribution is -0.163. The molecule has 1 fully saturated rings.